The third kappa shape index (κ3) is 1.84. The van der Waals surface area contributed by atoms with Gasteiger partial charge in [0.15, 0.2) is 5.82 Å². The van der Waals surface area contributed by atoms with Gasteiger partial charge in [0.25, 0.3) is 0 Å². The van der Waals surface area contributed by atoms with Crippen molar-refractivity contribution in [1.29, 1.82) is 0 Å². The molecule has 0 spiro atoms. The topological polar surface area (TPSA) is 59.0 Å². The van der Waals surface area contributed by atoms with Gasteiger partial charge in [0.1, 0.15) is 0 Å². The molecule has 1 atom stereocenters. The van der Waals surface area contributed by atoms with Gasteiger partial charge >= 0.3 is 0 Å². The van der Waals surface area contributed by atoms with Gasteiger partial charge in [0.05, 0.1) is 5.92 Å². The molecule has 5 heteroatoms. The second kappa shape index (κ2) is 4.18. The quantitative estimate of drug-likeness (QED) is 0.840. The number of nitrogens with zero attached hydrogens (tertiary/aromatic N) is 2. The molecular weight excluding hydrogens is 228 g/mol. The van der Waals surface area contributed by atoms with Crippen molar-refractivity contribution in [2.45, 2.75) is 5.92 Å². The number of hydrogen-bond donors (Lipinski definition) is 2. The van der Waals surface area contributed by atoms with Crippen LogP contribution in [0, 0.1) is 0 Å². The zero-order valence-electron chi connectivity index (χ0n) is 10.1. The van der Waals surface area contributed by atoms with Crippen LogP contribution in [0.3, 0.4) is 0 Å². The van der Waals surface area contributed by atoms with Gasteiger partial charge in [-0.1, -0.05) is 18.2 Å². The Morgan fingerprint density at radius 3 is 3.06 bits per heavy atom. The van der Waals surface area contributed by atoms with E-state index < -0.39 is 0 Å². The maximum absolute atomic E-state index is 12.2. The summed E-state index contributed by atoms with van der Waals surface area (Å²) >= 11 is 0. The molecule has 0 saturated heterocycles. The van der Waals surface area contributed by atoms with Crippen LogP contribution in [-0.2, 0) is 11.8 Å². The molecular formula is C13H14N4O. The standard InChI is InChI=1S/C13H14N4O/c1-17-7-6-12(16-17)15-13(18)10-8-14-11-5-3-2-4-9(10)11/h2-7,10,14H,8H2,1H3,(H,15,16,18). The molecule has 1 aromatic heterocycles. The fourth-order valence-electron chi connectivity index (χ4n) is 2.21. The zero-order valence-corrected chi connectivity index (χ0v) is 10.1. The van der Waals surface area contributed by atoms with Crippen LogP contribution >= 0.6 is 0 Å². The Morgan fingerprint density at radius 1 is 1.44 bits per heavy atom. The van der Waals surface area contributed by atoms with Gasteiger partial charge in [0, 0.05) is 31.5 Å². The van der Waals surface area contributed by atoms with E-state index in [2.05, 4.69) is 15.7 Å². The van der Waals surface area contributed by atoms with E-state index in [0.717, 1.165) is 11.3 Å². The van der Waals surface area contributed by atoms with Gasteiger partial charge in [-0.15, -0.1) is 0 Å². The van der Waals surface area contributed by atoms with Crippen LogP contribution in [0.15, 0.2) is 36.5 Å². The first-order valence-electron chi connectivity index (χ1n) is 5.87. The Hall–Kier alpha value is -2.30. The first-order chi connectivity index (χ1) is 8.74. The second-order valence-corrected chi connectivity index (χ2v) is 4.38. The number of aromatic nitrogens is 2. The lowest BCUT2D eigenvalue weighted by Crippen LogP contribution is -2.22. The number of rotatable bonds is 2. The van der Waals surface area contributed by atoms with Crippen LogP contribution in [0.4, 0.5) is 11.5 Å². The highest BCUT2D eigenvalue weighted by molar-refractivity contribution is 5.97. The smallest absolute Gasteiger partial charge is 0.234 e. The Kier molecular flexibility index (Phi) is 2.51. The monoisotopic (exact) mass is 242 g/mol. The Labute approximate surface area is 105 Å². The highest BCUT2D eigenvalue weighted by Crippen LogP contribution is 2.31. The fraction of sp³-hybridized carbons (Fsp3) is 0.231. The SMILES string of the molecule is Cn1ccc(NC(=O)C2CNc3ccccc32)n1. The molecule has 92 valence electrons. The average molecular weight is 242 g/mol. The molecule has 0 radical (unpaired) electrons. The lowest BCUT2D eigenvalue weighted by Gasteiger charge is -2.09. The number of anilines is 2. The van der Waals surface area contributed by atoms with Crippen LogP contribution in [0.5, 0.6) is 0 Å². The molecule has 2 heterocycles. The number of hydrogen-bond acceptors (Lipinski definition) is 3. The van der Waals surface area contributed by atoms with E-state index in [9.17, 15) is 4.79 Å². The largest absolute Gasteiger partial charge is 0.384 e. The van der Waals surface area contributed by atoms with Crippen molar-refractivity contribution >= 4 is 17.4 Å². The summed E-state index contributed by atoms with van der Waals surface area (Å²) in [6.45, 7) is 0.637. The lowest BCUT2D eigenvalue weighted by molar-refractivity contribution is -0.117. The number of fused-ring (bicyclic) bond motifs is 1. The van der Waals surface area contributed by atoms with Gasteiger partial charge in [-0.3, -0.25) is 9.48 Å². The second-order valence-electron chi connectivity index (χ2n) is 4.38. The van der Waals surface area contributed by atoms with Crippen molar-refractivity contribution < 1.29 is 4.79 Å². The summed E-state index contributed by atoms with van der Waals surface area (Å²) in [5.74, 6) is 0.418. The van der Waals surface area contributed by atoms with E-state index in [1.165, 1.54) is 0 Å². The van der Waals surface area contributed by atoms with Gasteiger partial charge in [-0.25, -0.2) is 0 Å². The lowest BCUT2D eigenvalue weighted by atomic mass is 10.0. The molecule has 0 fully saturated rings. The molecule has 1 amide bonds. The molecule has 3 rings (SSSR count). The molecule has 1 aliphatic heterocycles. The highest BCUT2D eigenvalue weighted by Gasteiger charge is 2.28. The third-order valence-electron chi connectivity index (χ3n) is 3.11. The molecule has 0 aliphatic carbocycles. The molecule has 0 saturated carbocycles. The van der Waals surface area contributed by atoms with Crippen LogP contribution < -0.4 is 10.6 Å². The summed E-state index contributed by atoms with van der Waals surface area (Å²) < 4.78 is 1.66. The van der Waals surface area contributed by atoms with Gasteiger partial charge in [-0.05, 0) is 11.6 Å². The summed E-state index contributed by atoms with van der Waals surface area (Å²) in [5, 5.41) is 10.2. The van der Waals surface area contributed by atoms with E-state index in [1.54, 1.807) is 16.9 Å². The zero-order chi connectivity index (χ0) is 12.5. The van der Waals surface area contributed by atoms with E-state index in [1.807, 2.05) is 31.3 Å². The van der Waals surface area contributed by atoms with Gasteiger partial charge < -0.3 is 10.6 Å². The minimum Gasteiger partial charge on any atom is -0.384 e. The summed E-state index contributed by atoms with van der Waals surface area (Å²) in [5.41, 5.74) is 2.09. The molecule has 18 heavy (non-hydrogen) atoms. The van der Waals surface area contributed by atoms with Crippen molar-refractivity contribution in [3.05, 3.63) is 42.1 Å². The van der Waals surface area contributed by atoms with Crippen molar-refractivity contribution in [1.82, 2.24) is 9.78 Å². The first-order valence-corrected chi connectivity index (χ1v) is 5.87. The van der Waals surface area contributed by atoms with Gasteiger partial charge in [0.2, 0.25) is 5.91 Å². The molecule has 1 aliphatic rings. The maximum Gasteiger partial charge on any atom is 0.234 e. The number of carbonyl (C=O) groups excluding carboxylic acids is 1. The van der Waals surface area contributed by atoms with E-state index in [4.69, 9.17) is 0 Å². The van der Waals surface area contributed by atoms with Crippen LogP contribution in [0.2, 0.25) is 0 Å². The first kappa shape index (κ1) is 10.8. The Bertz CT molecular complexity index is 590. The molecule has 1 aromatic carbocycles. The summed E-state index contributed by atoms with van der Waals surface area (Å²) in [6, 6.07) is 9.67. The number of aryl methyl sites for hydroxylation is 1. The molecule has 0 bridgehead atoms. The summed E-state index contributed by atoms with van der Waals surface area (Å²) in [6.07, 6.45) is 1.80. The number of para-hydroxylation sites is 1. The minimum absolute atomic E-state index is 0.0221. The van der Waals surface area contributed by atoms with E-state index >= 15 is 0 Å². The Morgan fingerprint density at radius 2 is 2.28 bits per heavy atom. The third-order valence-corrected chi connectivity index (χ3v) is 3.11. The van der Waals surface area contributed by atoms with Crippen LogP contribution in [0.1, 0.15) is 11.5 Å². The number of nitrogens with one attached hydrogen (secondary N) is 2. The average Bonchev–Trinajstić information content (AvgIpc) is 2.95. The predicted molar refractivity (Wildman–Crippen MR) is 69.5 cm³/mol. The van der Waals surface area contributed by atoms with Crippen molar-refractivity contribution in [2.75, 3.05) is 17.2 Å². The summed E-state index contributed by atoms with van der Waals surface area (Å²) in [4.78, 5) is 12.2. The number of carbonyl (C=O) groups is 1. The fourth-order valence-corrected chi connectivity index (χ4v) is 2.21. The maximum atomic E-state index is 12.2. The normalized spacial score (nSPS) is 17.1. The van der Waals surface area contributed by atoms with E-state index in [-0.39, 0.29) is 11.8 Å². The van der Waals surface area contributed by atoms with Crippen molar-refractivity contribution in [3.8, 4) is 0 Å². The van der Waals surface area contributed by atoms with Crippen molar-refractivity contribution in [3.63, 3.8) is 0 Å². The van der Waals surface area contributed by atoms with Crippen LogP contribution in [-0.4, -0.2) is 22.2 Å². The Balaban J connectivity index is 1.78. The molecule has 5 nitrogen and oxygen atoms in total. The van der Waals surface area contributed by atoms with Crippen LogP contribution in [0.25, 0.3) is 0 Å². The predicted octanol–water partition coefficient (Wildman–Crippen LogP) is 1.57. The molecule has 1 unspecified atom stereocenters. The minimum atomic E-state index is -0.150. The summed E-state index contributed by atoms with van der Waals surface area (Å²) in [7, 11) is 1.82. The van der Waals surface area contributed by atoms with E-state index in [0.29, 0.717) is 12.4 Å². The van der Waals surface area contributed by atoms with Gasteiger partial charge in [-0.2, -0.15) is 5.10 Å². The number of benzene rings is 1. The highest BCUT2D eigenvalue weighted by atomic mass is 16.2. The molecule has 2 N–H and O–H groups in total. The van der Waals surface area contributed by atoms with Crippen molar-refractivity contribution in [2.24, 2.45) is 7.05 Å². The number of amides is 1. The molecule has 2 aromatic rings.